The largest absolute Gasteiger partial charge is 0.329 e. The number of H-pyrrole nitrogens is 1. The molecule has 2 aromatic heterocycles. The maximum Gasteiger partial charge on any atom is 0.179 e. The van der Waals surface area contributed by atoms with E-state index in [0.717, 1.165) is 21.9 Å². The van der Waals surface area contributed by atoms with E-state index in [-0.39, 0.29) is 0 Å². The van der Waals surface area contributed by atoms with Crippen LogP contribution in [0.25, 0.3) is 11.2 Å². The molecule has 102 valence electrons. The first-order valence-electron chi connectivity index (χ1n) is 6.94. The fourth-order valence-corrected chi connectivity index (χ4v) is 3.64. The standard InChI is InChI=1S/C14H18ClN3S/c1-2-9-3-5-11(6-4-9)18-13-12(17-14(18)19)7-10(15)8-16-13/h7-9,11H,2-6H2,1H3,(H,17,19). The van der Waals surface area contributed by atoms with Crippen LogP contribution in [0.5, 0.6) is 0 Å². The maximum absolute atomic E-state index is 5.98. The van der Waals surface area contributed by atoms with E-state index >= 15 is 0 Å². The lowest BCUT2D eigenvalue weighted by molar-refractivity contribution is 0.271. The number of hydrogen-bond donors (Lipinski definition) is 1. The number of nitrogens with one attached hydrogen (secondary N) is 1. The van der Waals surface area contributed by atoms with Crippen molar-refractivity contribution >= 4 is 35.0 Å². The third kappa shape index (κ3) is 2.43. The number of imidazole rings is 1. The van der Waals surface area contributed by atoms with Gasteiger partial charge in [-0.25, -0.2) is 4.98 Å². The molecule has 19 heavy (non-hydrogen) atoms. The van der Waals surface area contributed by atoms with E-state index in [1.807, 2.05) is 6.07 Å². The van der Waals surface area contributed by atoms with Gasteiger partial charge >= 0.3 is 0 Å². The molecule has 1 N–H and O–H groups in total. The van der Waals surface area contributed by atoms with E-state index in [1.165, 1.54) is 32.1 Å². The number of aromatic nitrogens is 3. The van der Waals surface area contributed by atoms with E-state index in [4.69, 9.17) is 23.8 Å². The van der Waals surface area contributed by atoms with Gasteiger partial charge in [0.25, 0.3) is 0 Å². The van der Waals surface area contributed by atoms with Crippen molar-refractivity contribution in [3.63, 3.8) is 0 Å². The molecule has 0 atom stereocenters. The molecule has 0 amide bonds. The molecule has 1 saturated carbocycles. The molecule has 3 rings (SSSR count). The number of rotatable bonds is 2. The molecule has 1 aliphatic carbocycles. The first-order chi connectivity index (χ1) is 9.19. The highest BCUT2D eigenvalue weighted by molar-refractivity contribution is 7.71. The third-order valence-electron chi connectivity index (χ3n) is 4.28. The van der Waals surface area contributed by atoms with Gasteiger partial charge in [-0.1, -0.05) is 24.9 Å². The average molecular weight is 296 g/mol. The van der Waals surface area contributed by atoms with Crippen LogP contribution in [0.2, 0.25) is 5.02 Å². The lowest BCUT2D eigenvalue weighted by Crippen LogP contribution is -2.18. The summed E-state index contributed by atoms with van der Waals surface area (Å²) in [6.07, 6.45) is 7.97. The molecule has 2 heterocycles. The molecule has 0 aromatic carbocycles. The Morgan fingerprint density at radius 3 is 2.84 bits per heavy atom. The Kier molecular flexibility index (Phi) is 3.63. The molecular weight excluding hydrogens is 278 g/mol. The van der Waals surface area contributed by atoms with Crippen molar-refractivity contribution in [2.24, 2.45) is 5.92 Å². The van der Waals surface area contributed by atoms with Gasteiger partial charge in [-0.15, -0.1) is 0 Å². The molecule has 0 saturated heterocycles. The second-order valence-electron chi connectivity index (χ2n) is 5.41. The Balaban J connectivity index is 1.97. The van der Waals surface area contributed by atoms with Crippen LogP contribution in [0.3, 0.4) is 0 Å². The Hall–Kier alpha value is -0.870. The van der Waals surface area contributed by atoms with Crippen molar-refractivity contribution in [1.82, 2.24) is 14.5 Å². The van der Waals surface area contributed by atoms with Crippen molar-refractivity contribution in [3.05, 3.63) is 22.1 Å². The van der Waals surface area contributed by atoms with Crippen molar-refractivity contribution in [2.75, 3.05) is 0 Å². The van der Waals surface area contributed by atoms with E-state index in [2.05, 4.69) is 21.5 Å². The van der Waals surface area contributed by atoms with Crippen molar-refractivity contribution in [2.45, 2.75) is 45.1 Å². The van der Waals surface area contributed by atoms with Crippen LogP contribution in [0, 0.1) is 10.7 Å². The van der Waals surface area contributed by atoms with E-state index in [1.54, 1.807) is 6.20 Å². The van der Waals surface area contributed by atoms with Crippen LogP contribution in [-0.2, 0) is 0 Å². The Labute approximate surface area is 123 Å². The molecule has 0 aliphatic heterocycles. The highest BCUT2D eigenvalue weighted by atomic mass is 35.5. The fourth-order valence-electron chi connectivity index (χ4n) is 3.14. The molecule has 0 bridgehead atoms. The molecule has 2 aromatic rings. The average Bonchev–Trinajstić information content (AvgIpc) is 2.74. The van der Waals surface area contributed by atoms with Gasteiger partial charge in [-0.3, -0.25) is 4.57 Å². The van der Waals surface area contributed by atoms with Gasteiger partial charge in [0.1, 0.15) is 0 Å². The minimum absolute atomic E-state index is 0.484. The summed E-state index contributed by atoms with van der Waals surface area (Å²) in [6, 6.07) is 2.38. The molecule has 1 fully saturated rings. The molecule has 0 unspecified atom stereocenters. The topological polar surface area (TPSA) is 33.6 Å². The van der Waals surface area contributed by atoms with Gasteiger partial charge in [-0.2, -0.15) is 0 Å². The predicted molar refractivity (Wildman–Crippen MR) is 81.2 cm³/mol. The van der Waals surface area contributed by atoms with E-state index < -0.39 is 0 Å². The van der Waals surface area contributed by atoms with Crippen LogP contribution in [-0.4, -0.2) is 14.5 Å². The molecule has 0 spiro atoms. The summed E-state index contributed by atoms with van der Waals surface area (Å²) in [5.74, 6) is 0.887. The van der Waals surface area contributed by atoms with Gasteiger partial charge < -0.3 is 4.98 Å². The number of hydrogen-bond acceptors (Lipinski definition) is 2. The van der Waals surface area contributed by atoms with E-state index in [0.29, 0.717) is 11.1 Å². The SMILES string of the molecule is CCC1CCC(n2c(=S)[nH]c3cc(Cl)cnc32)CC1. The first-order valence-corrected chi connectivity index (χ1v) is 7.73. The number of halogens is 1. The smallest absolute Gasteiger partial charge is 0.179 e. The molecule has 5 heteroatoms. The Morgan fingerprint density at radius 1 is 1.42 bits per heavy atom. The quantitative estimate of drug-likeness (QED) is 0.800. The van der Waals surface area contributed by atoms with Gasteiger partial charge in [0.2, 0.25) is 0 Å². The monoisotopic (exact) mass is 295 g/mol. The lowest BCUT2D eigenvalue weighted by atomic mass is 9.84. The van der Waals surface area contributed by atoms with Gasteiger partial charge in [0.15, 0.2) is 10.4 Å². The zero-order valence-electron chi connectivity index (χ0n) is 11.0. The Bertz CT molecular complexity index is 638. The summed E-state index contributed by atoms with van der Waals surface area (Å²) in [4.78, 5) is 7.67. The zero-order valence-corrected chi connectivity index (χ0v) is 12.6. The summed E-state index contributed by atoms with van der Waals surface area (Å²) >= 11 is 11.4. The van der Waals surface area contributed by atoms with Gasteiger partial charge in [0, 0.05) is 12.2 Å². The lowest BCUT2D eigenvalue weighted by Gasteiger charge is -2.28. The molecule has 0 radical (unpaired) electrons. The van der Waals surface area contributed by atoms with Gasteiger partial charge in [0.05, 0.1) is 10.5 Å². The second kappa shape index (κ2) is 5.25. The number of nitrogens with zero attached hydrogens (tertiary/aromatic N) is 2. The van der Waals surface area contributed by atoms with Crippen LogP contribution >= 0.6 is 23.8 Å². The maximum atomic E-state index is 5.98. The Morgan fingerprint density at radius 2 is 2.16 bits per heavy atom. The number of aromatic amines is 1. The van der Waals surface area contributed by atoms with Crippen LogP contribution < -0.4 is 0 Å². The summed E-state index contributed by atoms with van der Waals surface area (Å²) in [7, 11) is 0. The summed E-state index contributed by atoms with van der Waals surface area (Å²) in [5, 5.41) is 0.644. The second-order valence-corrected chi connectivity index (χ2v) is 6.23. The summed E-state index contributed by atoms with van der Waals surface area (Å²) < 4.78 is 2.96. The van der Waals surface area contributed by atoms with E-state index in [9.17, 15) is 0 Å². The summed E-state index contributed by atoms with van der Waals surface area (Å²) in [5.41, 5.74) is 1.88. The molecule has 3 nitrogen and oxygen atoms in total. The zero-order chi connectivity index (χ0) is 13.4. The minimum Gasteiger partial charge on any atom is -0.329 e. The first kappa shape index (κ1) is 13.1. The summed E-state index contributed by atoms with van der Waals surface area (Å²) in [6.45, 7) is 2.28. The minimum atomic E-state index is 0.484. The van der Waals surface area contributed by atoms with Crippen LogP contribution in [0.4, 0.5) is 0 Å². The van der Waals surface area contributed by atoms with Crippen LogP contribution in [0.15, 0.2) is 12.3 Å². The van der Waals surface area contributed by atoms with Crippen LogP contribution in [0.1, 0.15) is 45.1 Å². The number of pyridine rings is 1. The number of fused-ring (bicyclic) bond motifs is 1. The highest BCUT2D eigenvalue weighted by Gasteiger charge is 2.23. The highest BCUT2D eigenvalue weighted by Crippen LogP contribution is 2.35. The molecular formula is C14H18ClN3S. The molecule has 1 aliphatic rings. The van der Waals surface area contributed by atoms with Gasteiger partial charge in [-0.05, 0) is 49.9 Å². The third-order valence-corrected chi connectivity index (χ3v) is 4.79. The van der Waals surface area contributed by atoms with Crippen molar-refractivity contribution in [1.29, 1.82) is 0 Å². The van der Waals surface area contributed by atoms with Crippen molar-refractivity contribution < 1.29 is 0 Å². The fraction of sp³-hybridized carbons (Fsp3) is 0.571. The predicted octanol–water partition coefficient (Wildman–Crippen LogP) is 4.89. The van der Waals surface area contributed by atoms with Crippen molar-refractivity contribution in [3.8, 4) is 0 Å². The normalized spacial score (nSPS) is 23.9.